The van der Waals surface area contributed by atoms with Gasteiger partial charge in [-0.15, -0.1) is 0 Å². The fraction of sp³-hybridized carbons (Fsp3) is 0.250. The van der Waals surface area contributed by atoms with Crippen LogP contribution < -0.4 is 14.1 Å². The van der Waals surface area contributed by atoms with E-state index < -0.39 is 18.2 Å². The van der Waals surface area contributed by atoms with Crippen molar-refractivity contribution in [3.63, 3.8) is 0 Å². The summed E-state index contributed by atoms with van der Waals surface area (Å²) in [6, 6.07) is 28.0. The molecule has 4 rings (SSSR count). The maximum atomic E-state index is 12.6. The molecule has 0 unspecified atom stereocenters. The second kappa shape index (κ2) is 9.82. The summed E-state index contributed by atoms with van der Waals surface area (Å²) in [6.07, 6.45) is 1.71. The molecule has 0 amide bonds. The van der Waals surface area contributed by atoms with E-state index in [1.807, 2.05) is 31.2 Å². The van der Waals surface area contributed by atoms with E-state index in [4.69, 9.17) is 0 Å². The molecule has 5 nitrogen and oxygen atoms in total. The Labute approximate surface area is 186 Å². The number of nitrogens with zero attached hydrogens (tertiary/aromatic N) is 2. The second-order valence-corrected chi connectivity index (χ2v) is 11.5. The van der Waals surface area contributed by atoms with Crippen LogP contribution in [-0.4, -0.2) is 34.2 Å². The van der Waals surface area contributed by atoms with Crippen LogP contribution in [0.5, 0.6) is 0 Å². The molecule has 1 N–H and O–H groups in total. The molecule has 1 fully saturated rings. The van der Waals surface area contributed by atoms with Crippen LogP contribution in [-0.2, 0) is 10.0 Å². The minimum Gasteiger partial charge on any atom is -0.332 e. The molecule has 3 aromatic rings. The predicted molar refractivity (Wildman–Crippen MR) is 130 cm³/mol. The minimum absolute atomic E-state index is 0.321. The van der Waals surface area contributed by atoms with Gasteiger partial charge in [0.1, 0.15) is 0 Å². The highest BCUT2D eigenvalue weighted by Crippen LogP contribution is 2.53. The molecule has 0 radical (unpaired) electrons. The first-order chi connectivity index (χ1) is 15.0. The molecule has 3 aromatic carbocycles. The van der Waals surface area contributed by atoms with E-state index in [2.05, 4.69) is 62.6 Å². The average molecular weight is 454 g/mol. The van der Waals surface area contributed by atoms with Gasteiger partial charge in [-0.05, 0) is 49.7 Å². The summed E-state index contributed by atoms with van der Waals surface area (Å²) in [6.45, 7) is 4.32. The highest BCUT2D eigenvalue weighted by molar-refractivity contribution is 7.89. The van der Waals surface area contributed by atoms with Crippen molar-refractivity contribution in [2.24, 2.45) is 0 Å². The fourth-order valence-corrected chi connectivity index (χ4v) is 7.44. The number of nitrogens with one attached hydrogen (secondary N) is 1. The van der Waals surface area contributed by atoms with Crippen molar-refractivity contribution in [3.05, 3.63) is 90.5 Å². The first-order valence-corrected chi connectivity index (χ1v) is 13.4. The average Bonchev–Trinajstić information content (AvgIpc) is 3.22. The SMILES string of the molecule is Cc1ccc(S(=O)(=O)NCCCP2N(c3ccccc3)CCN2c2ccccc2)cc1. The number of rotatable bonds is 8. The fourth-order valence-electron chi connectivity index (χ4n) is 3.74. The maximum Gasteiger partial charge on any atom is 0.240 e. The molecule has 0 atom stereocenters. The van der Waals surface area contributed by atoms with Gasteiger partial charge in [0.25, 0.3) is 0 Å². The van der Waals surface area contributed by atoms with Gasteiger partial charge in [-0.25, -0.2) is 13.1 Å². The van der Waals surface area contributed by atoms with E-state index >= 15 is 0 Å². The normalized spacial score (nSPS) is 14.9. The molecule has 1 aliphatic heterocycles. The number of hydrogen-bond donors (Lipinski definition) is 1. The molecule has 0 aromatic heterocycles. The summed E-state index contributed by atoms with van der Waals surface area (Å²) < 4.78 is 32.9. The first-order valence-electron chi connectivity index (χ1n) is 10.5. The molecule has 0 bridgehead atoms. The molecule has 1 aliphatic rings. The van der Waals surface area contributed by atoms with E-state index in [1.54, 1.807) is 12.1 Å². The van der Waals surface area contributed by atoms with E-state index in [9.17, 15) is 8.42 Å². The van der Waals surface area contributed by atoms with Crippen LogP contribution in [0.3, 0.4) is 0 Å². The predicted octanol–water partition coefficient (Wildman–Crippen LogP) is 5.00. The molecule has 1 heterocycles. The molecule has 162 valence electrons. The van der Waals surface area contributed by atoms with E-state index in [0.29, 0.717) is 11.4 Å². The van der Waals surface area contributed by atoms with Gasteiger partial charge in [0.2, 0.25) is 10.0 Å². The van der Waals surface area contributed by atoms with Gasteiger partial charge < -0.3 is 9.34 Å². The Bertz CT molecular complexity index is 1030. The van der Waals surface area contributed by atoms with Gasteiger partial charge in [-0.1, -0.05) is 54.1 Å². The topological polar surface area (TPSA) is 52.7 Å². The Hall–Kier alpha value is -2.40. The summed E-state index contributed by atoms with van der Waals surface area (Å²) in [4.78, 5) is 0.321. The molecule has 0 spiro atoms. The second-order valence-electron chi connectivity index (χ2n) is 7.58. The molecular weight excluding hydrogens is 425 g/mol. The Kier molecular flexibility index (Phi) is 6.91. The summed E-state index contributed by atoms with van der Waals surface area (Å²) in [5.74, 6) is 0. The Balaban J connectivity index is 1.43. The van der Waals surface area contributed by atoms with Crippen molar-refractivity contribution >= 4 is 29.6 Å². The number of anilines is 2. The van der Waals surface area contributed by atoms with Gasteiger partial charge in [0, 0.05) is 37.2 Å². The van der Waals surface area contributed by atoms with E-state index in [1.165, 1.54) is 11.4 Å². The molecule has 0 saturated carbocycles. The molecule has 1 saturated heterocycles. The van der Waals surface area contributed by atoms with Crippen LogP contribution in [0.1, 0.15) is 12.0 Å². The monoisotopic (exact) mass is 453 g/mol. The zero-order valence-electron chi connectivity index (χ0n) is 17.7. The van der Waals surface area contributed by atoms with Crippen LogP contribution in [0.15, 0.2) is 89.8 Å². The van der Waals surface area contributed by atoms with Crippen LogP contribution in [0.25, 0.3) is 0 Å². The summed E-state index contributed by atoms with van der Waals surface area (Å²) >= 11 is 0. The Morgan fingerprint density at radius 1 is 0.806 bits per heavy atom. The molecule has 31 heavy (non-hydrogen) atoms. The third-order valence-corrected chi connectivity index (χ3v) is 9.52. The number of benzene rings is 3. The van der Waals surface area contributed by atoms with E-state index in [0.717, 1.165) is 31.2 Å². The molecule has 7 heteroatoms. The zero-order chi connectivity index (χ0) is 21.7. The third kappa shape index (κ3) is 5.27. The van der Waals surface area contributed by atoms with Gasteiger partial charge in [0.05, 0.1) is 13.1 Å². The standard InChI is InChI=1S/C24H28N3O2PS/c1-21-13-15-24(16-14-21)31(28,29)25-17-8-20-30-26(22-9-4-2-5-10-22)18-19-27(30)23-11-6-3-7-12-23/h2-7,9-16,25H,8,17-20H2,1H3. The van der Waals surface area contributed by atoms with Gasteiger partial charge in [0.15, 0.2) is 0 Å². The lowest BCUT2D eigenvalue weighted by Gasteiger charge is -2.32. The highest BCUT2D eigenvalue weighted by Gasteiger charge is 2.32. The van der Waals surface area contributed by atoms with Crippen LogP contribution in [0.4, 0.5) is 11.4 Å². The number of hydrogen-bond acceptors (Lipinski definition) is 4. The summed E-state index contributed by atoms with van der Waals surface area (Å²) in [7, 11) is -4.07. The zero-order valence-corrected chi connectivity index (χ0v) is 19.4. The Morgan fingerprint density at radius 3 is 1.84 bits per heavy atom. The van der Waals surface area contributed by atoms with Crippen molar-refractivity contribution in [1.29, 1.82) is 0 Å². The number of para-hydroxylation sites is 2. The van der Waals surface area contributed by atoms with E-state index in [-0.39, 0.29) is 0 Å². The Morgan fingerprint density at radius 2 is 1.32 bits per heavy atom. The summed E-state index contributed by atoms with van der Waals surface area (Å²) in [5.41, 5.74) is 3.50. The first kappa shape index (κ1) is 21.8. The van der Waals surface area contributed by atoms with Gasteiger partial charge in [-0.3, -0.25) is 0 Å². The third-order valence-electron chi connectivity index (χ3n) is 5.35. The lowest BCUT2D eigenvalue weighted by molar-refractivity contribution is 0.581. The van der Waals surface area contributed by atoms with Crippen molar-refractivity contribution in [3.8, 4) is 0 Å². The summed E-state index contributed by atoms with van der Waals surface area (Å²) in [5, 5.41) is 0. The highest BCUT2D eigenvalue weighted by atomic mass is 32.2. The maximum absolute atomic E-state index is 12.6. The van der Waals surface area contributed by atoms with Crippen LogP contribution in [0.2, 0.25) is 0 Å². The number of aryl methyl sites for hydroxylation is 1. The van der Waals surface area contributed by atoms with Crippen LogP contribution >= 0.6 is 8.22 Å². The van der Waals surface area contributed by atoms with Crippen molar-refractivity contribution in [2.75, 3.05) is 35.1 Å². The molecule has 0 aliphatic carbocycles. The lowest BCUT2D eigenvalue weighted by Crippen LogP contribution is -2.26. The minimum atomic E-state index is -3.47. The quantitative estimate of drug-likeness (QED) is 0.385. The van der Waals surface area contributed by atoms with Crippen molar-refractivity contribution < 1.29 is 8.42 Å². The van der Waals surface area contributed by atoms with Crippen molar-refractivity contribution in [2.45, 2.75) is 18.2 Å². The van der Waals surface area contributed by atoms with Gasteiger partial charge in [-0.2, -0.15) is 0 Å². The number of sulfonamides is 1. The van der Waals surface area contributed by atoms with Gasteiger partial charge >= 0.3 is 0 Å². The van der Waals surface area contributed by atoms with Crippen LogP contribution in [0, 0.1) is 6.92 Å². The molecular formula is C24H28N3O2PS. The van der Waals surface area contributed by atoms with Crippen molar-refractivity contribution in [1.82, 2.24) is 4.72 Å². The lowest BCUT2D eigenvalue weighted by atomic mass is 10.2. The smallest absolute Gasteiger partial charge is 0.240 e. The largest absolute Gasteiger partial charge is 0.332 e.